The van der Waals surface area contributed by atoms with Crippen LogP contribution in [-0.2, 0) is 0 Å². The van der Waals surface area contributed by atoms with Crippen molar-refractivity contribution in [1.82, 2.24) is 15.0 Å². The van der Waals surface area contributed by atoms with Crippen LogP contribution in [-0.4, -0.2) is 22.0 Å². The Morgan fingerprint density at radius 2 is 0.600 bits per heavy atom. The van der Waals surface area contributed by atoms with E-state index in [0.29, 0.717) is 0 Å². The number of hydrogen-bond acceptors (Lipinski definition) is 4. The van der Waals surface area contributed by atoms with E-state index in [9.17, 15) is 0 Å². The van der Waals surface area contributed by atoms with Crippen molar-refractivity contribution in [2.75, 3.05) is 7.05 Å². The predicted octanol–water partition coefficient (Wildman–Crippen LogP) is 2.82. The minimum Gasteiger partial charge on any atom is -0.333 e. The molecule has 0 aliphatic rings. The van der Waals surface area contributed by atoms with Crippen LogP contribution in [0.4, 0.5) is 0 Å². The van der Waals surface area contributed by atoms with Crippen molar-refractivity contribution in [1.29, 1.82) is 0 Å². The molecule has 0 spiro atoms. The maximum absolute atomic E-state index is 4.50. The van der Waals surface area contributed by atoms with Crippen LogP contribution in [0.25, 0.3) is 0 Å². The lowest BCUT2D eigenvalue weighted by molar-refractivity contribution is 1.33. The van der Waals surface area contributed by atoms with Gasteiger partial charge in [-0.1, -0.05) is 18.2 Å². The summed E-state index contributed by atoms with van der Waals surface area (Å²) in [5.74, 6) is 0. The average molecular weight is 268 g/mol. The van der Waals surface area contributed by atoms with Crippen molar-refractivity contribution in [2.45, 2.75) is 0 Å². The molecule has 3 rings (SSSR count). The van der Waals surface area contributed by atoms with Crippen LogP contribution in [0.1, 0.15) is 0 Å². The minimum atomic E-state index is 1.50. The van der Waals surface area contributed by atoms with E-state index in [1.165, 1.54) is 7.05 Å². The molecule has 0 aliphatic heterocycles. The number of nitrogens with two attached hydrogens (primary N) is 1. The van der Waals surface area contributed by atoms with Gasteiger partial charge in [0.2, 0.25) is 0 Å². The molecule has 0 fully saturated rings. The Labute approximate surface area is 120 Å². The predicted molar refractivity (Wildman–Crippen MR) is 82.8 cm³/mol. The minimum absolute atomic E-state index is 1.50. The Morgan fingerprint density at radius 3 is 0.650 bits per heavy atom. The SMILES string of the molecule is CN.c1ccncc1.c1ccncc1.c1ccncc1. The van der Waals surface area contributed by atoms with Crippen LogP contribution in [0, 0.1) is 0 Å². The van der Waals surface area contributed by atoms with Crippen LogP contribution in [0.3, 0.4) is 0 Å². The van der Waals surface area contributed by atoms with Gasteiger partial charge in [-0.15, -0.1) is 0 Å². The average Bonchev–Trinajstić information content (AvgIpc) is 2.62. The fourth-order valence-corrected chi connectivity index (χ4v) is 0.938. The Hall–Kier alpha value is -2.59. The standard InChI is InChI=1S/3C5H5N.CH5N/c3*1-2-4-6-5-3-1;1-2/h3*1-5H;2H2,1H3. The summed E-state index contributed by atoms with van der Waals surface area (Å²) in [7, 11) is 1.50. The monoisotopic (exact) mass is 268 g/mol. The Bertz CT molecular complexity index is 305. The number of aromatic nitrogens is 3. The van der Waals surface area contributed by atoms with Crippen molar-refractivity contribution in [3.63, 3.8) is 0 Å². The summed E-state index contributed by atoms with van der Waals surface area (Å²) in [6.07, 6.45) is 10.5. The van der Waals surface area contributed by atoms with E-state index in [2.05, 4.69) is 20.7 Å². The van der Waals surface area contributed by atoms with E-state index < -0.39 is 0 Å². The highest BCUT2D eigenvalue weighted by atomic mass is 14.6. The molecule has 3 aromatic heterocycles. The fraction of sp³-hybridized carbons (Fsp3) is 0.0625. The lowest BCUT2D eigenvalue weighted by atomic mass is 10.5. The van der Waals surface area contributed by atoms with Gasteiger partial charge in [0.1, 0.15) is 0 Å². The number of rotatable bonds is 0. The van der Waals surface area contributed by atoms with E-state index in [0.717, 1.165) is 0 Å². The second-order valence-corrected chi connectivity index (χ2v) is 3.07. The molecule has 0 saturated carbocycles. The van der Waals surface area contributed by atoms with Crippen LogP contribution < -0.4 is 5.73 Å². The van der Waals surface area contributed by atoms with E-state index in [1.54, 1.807) is 37.2 Å². The molecule has 20 heavy (non-hydrogen) atoms. The number of nitrogens with zero attached hydrogens (tertiary/aromatic N) is 3. The third-order valence-electron chi connectivity index (χ3n) is 1.70. The molecule has 0 unspecified atom stereocenters. The van der Waals surface area contributed by atoms with Gasteiger partial charge in [-0.05, 0) is 43.4 Å². The fourth-order valence-electron chi connectivity index (χ4n) is 0.938. The zero-order chi connectivity index (χ0) is 14.7. The van der Waals surface area contributed by atoms with Crippen molar-refractivity contribution in [3.05, 3.63) is 91.8 Å². The molecular formula is C16H20N4. The maximum atomic E-state index is 4.50. The summed E-state index contributed by atoms with van der Waals surface area (Å²) in [6.45, 7) is 0. The summed E-state index contributed by atoms with van der Waals surface area (Å²) < 4.78 is 0. The van der Waals surface area contributed by atoms with Gasteiger partial charge in [0.05, 0.1) is 0 Å². The summed E-state index contributed by atoms with van der Waals surface area (Å²) in [5.41, 5.74) is 4.50. The van der Waals surface area contributed by atoms with Crippen molar-refractivity contribution in [3.8, 4) is 0 Å². The normalized spacial score (nSPS) is 7.50. The van der Waals surface area contributed by atoms with Gasteiger partial charge >= 0.3 is 0 Å². The van der Waals surface area contributed by atoms with Crippen molar-refractivity contribution < 1.29 is 0 Å². The third-order valence-corrected chi connectivity index (χ3v) is 1.70. The molecule has 3 heterocycles. The molecule has 104 valence electrons. The number of hydrogen-bond donors (Lipinski definition) is 1. The van der Waals surface area contributed by atoms with Gasteiger partial charge in [0, 0.05) is 37.2 Å². The Kier molecular flexibility index (Phi) is 14.3. The lowest BCUT2D eigenvalue weighted by Gasteiger charge is -1.70. The van der Waals surface area contributed by atoms with Gasteiger partial charge in [0.15, 0.2) is 0 Å². The first-order valence-electron chi connectivity index (χ1n) is 6.13. The highest BCUT2D eigenvalue weighted by Crippen LogP contribution is 1.74. The quantitative estimate of drug-likeness (QED) is 0.681. The molecule has 0 radical (unpaired) electrons. The highest BCUT2D eigenvalue weighted by molar-refractivity contribution is 4.89. The van der Waals surface area contributed by atoms with E-state index in [4.69, 9.17) is 0 Å². The molecule has 4 heteroatoms. The first kappa shape index (κ1) is 17.4. The second-order valence-electron chi connectivity index (χ2n) is 3.07. The molecular weight excluding hydrogens is 248 g/mol. The topological polar surface area (TPSA) is 64.7 Å². The zero-order valence-corrected chi connectivity index (χ0v) is 11.6. The summed E-state index contributed by atoms with van der Waals surface area (Å²) >= 11 is 0. The molecule has 2 N–H and O–H groups in total. The van der Waals surface area contributed by atoms with Gasteiger partial charge in [-0.3, -0.25) is 15.0 Å². The molecule has 4 nitrogen and oxygen atoms in total. The van der Waals surface area contributed by atoms with Gasteiger partial charge < -0.3 is 5.73 Å². The van der Waals surface area contributed by atoms with Gasteiger partial charge in [-0.25, -0.2) is 0 Å². The van der Waals surface area contributed by atoms with E-state index >= 15 is 0 Å². The van der Waals surface area contributed by atoms with E-state index in [-0.39, 0.29) is 0 Å². The molecule has 0 bridgehead atoms. The largest absolute Gasteiger partial charge is 0.333 e. The van der Waals surface area contributed by atoms with Crippen LogP contribution in [0.2, 0.25) is 0 Å². The summed E-state index contributed by atoms with van der Waals surface area (Å²) in [4.78, 5) is 11.4. The lowest BCUT2D eigenvalue weighted by Crippen LogP contribution is -1.69. The second kappa shape index (κ2) is 16.4. The first-order chi connectivity index (χ1) is 10.0. The number of pyridine rings is 3. The summed E-state index contributed by atoms with van der Waals surface area (Å²) in [5, 5.41) is 0. The van der Waals surface area contributed by atoms with Gasteiger partial charge in [-0.2, -0.15) is 0 Å². The maximum Gasteiger partial charge on any atom is 0.0267 e. The molecule has 0 atom stereocenters. The smallest absolute Gasteiger partial charge is 0.0267 e. The molecule has 3 aromatic rings. The molecule has 0 amide bonds. The van der Waals surface area contributed by atoms with Gasteiger partial charge in [0.25, 0.3) is 0 Å². The van der Waals surface area contributed by atoms with E-state index in [1.807, 2.05) is 54.6 Å². The Morgan fingerprint density at radius 1 is 0.400 bits per heavy atom. The van der Waals surface area contributed by atoms with Crippen molar-refractivity contribution >= 4 is 0 Å². The van der Waals surface area contributed by atoms with Crippen LogP contribution in [0.5, 0.6) is 0 Å². The zero-order valence-electron chi connectivity index (χ0n) is 11.6. The van der Waals surface area contributed by atoms with Crippen molar-refractivity contribution in [2.24, 2.45) is 5.73 Å². The van der Waals surface area contributed by atoms with Crippen LogP contribution in [0.15, 0.2) is 91.8 Å². The Balaban J connectivity index is 0.000000255. The van der Waals surface area contributed by atoms with Crippen LogP contribution >= 0.6 is 0 Å². The summed E-state index contributed by atoms with van der Waals surface area (Å²) in [6, 6.07) is 17.1. The molecule has 0 saturated heterocycles. The molecule has 0 aliphatic carbocycles. The molecule has 0 aromatic carbocycles. The first-order valence-corrected chi connectivity index (χ1v) is 6.13. The highest BCUT2D eigenvalue weighted by Gasteiger charge is 1.59. The third kappa shape index (κ3) is 13.5.